The van der Waals surface area contributed by atoms with Gasteiger partial charge in [-0.25, -0.2) is 4.68 Å². The number of benzene rings is 1. The Labute approximate surface area is 158 Å². The molecule has 1 aromatic heterocycles. The molecule has 142 valence electrons. The predicted molar refractivity (Wildman–Crippen MR) is 104 cm³/mol. The topological polar surface area (TPSA) is 95.1 Å². The molecule has 1 heterocycles. The van der Waals surface area contributed by atoms with Crippen molar-refractivity contribution in [1.82, 2.24) is 20.2 Å². The van der Waals surface area contributed by atoms with Crippen LogP contribution in [-0.4, -0.2) is 32.1 Å². The highest BCUT2D eigenvalue weighted by Gasteiger charge is 2.19. The highest BCUT2D eigenvalue weighted by molar-refractivity contribution is 7.99. The monoisotopic (exact) mass is 377 g/mol. The van der Waals surface area contributed by atoms with E-state index >= 15 is 0 Å². The number of nitrogens with one attached hydrogen (secondary N) is 1. The van der Waals surface area contributed by atoms with Crippen molar-refractivity contribution >= 4 is 17.7 Å². The van der Waals surface area contributed by atoms with Crippen molar-refractivity contribution in [2.45, 2.75) is 58.3 Å². The third-order valence-electron chi connectivity index (χ3n) is 3.99. The number of hydrogen-bond acceptors (Lipinski definition) is 6. The molecule has 2 aromatic rings. The normalized spacial score (nSPS) is 11.4. The van der Waals surface area contributed by atoms with Gasteiger partial charge in [-0.05, 0) is 57.4 Å². The van der Waals surface area contributed by atoms with Crippen LogP contribution in [0.2, 0.25) is 0 Å². The average Bonchev–Trinajstić information content (AvgIpc) is 2.90. The van der Waals surface area contributed by atoms with E-state index in [1.165, 1.54) is 16.4 Å². The Morgan fingerprint density at radius 1 is 1.27 bits per heavy atom. The van der Waals surface area contributed by atoms with Gasteiger partial charge in [0.15, 0.2) is 5.82 Å². The standard InChI is InChI=1S/C18H27N5O2S/c1-6-18(4,5)20-16(24)11-26-17-22-21-15(23(17)19)10-25-14-8-12(2)7-13(3)9-14/h7-9H,6,10-11,19H2,1-5H3,(H,20,24). The van der Waals surface area contributed by atoms with E-state index in [0.717, 1.165) is 23.3 Å². The molecule has 0 saturated heterocycles. The summed E-state index contributed by atoms with van der Waals surface area (Å²) >= 11 is 1.25. The van der Waals surface area contributed by atoms with E-state index < -0.39 is 0 Å². The van der Waals surface area contributed by atoms with Gasteiger partial charge in [-0.2, -0.15) is 0 Å². The van der Waals surface area contributed by atoms with Crippen molar-refractivity contribution in [3.05, 3.63) is 35.2 Å². The molecule has 0 unspecified atom stereocenters. The highest BCUT2D eigenvalue weighted by Crippen LogP contribution is 2.19. The Kier molecular flexibility index (Phi) is 6.52. The van der Waals surface area contributed by atoms with Crippen LogP contribution < -0.4 is 15.9 Å². The first-order valence-corrected chi connectivity index (χ1v) is 9.53. The van der Waals surface area contributed by atoms with E-state index in [1.54, 1.807) is 0 Å². The first-order chi connectivity index (χ1) is 12.2. The first-order valence-electron chi connectivity index (χ1n) is 8.54. The summed E-state index contributed by atoms with van der Waals surface area (Å²) in [4.78, 5) is 12.0. The summed E-state index contributed by atoms with van der Waals surface area (Å²) in [6, 6.07) is 6.00. The van der Waals surface area contributed by atoms with Crippen LogP contribution in [0.15, 0.2) is 23.4 Å². The largest absolute Gasteiger partial charge is 0.486 e. The van der Waals surface area contributed by atoms with Crippen LogP contribution in [0.4, 0.5) is 0 Å². The van der Waals surface area contributed by atoms with Gasteiger partial charge in [0.2, 0.25) is 11.1 Å². The zero-order chi connectivity index (χ0) is 19.3. The van der Waals surface area contributed by atoms with Crippen LogP contribution in [0.3, 0.4) is 0 Å². The molecule has 0 aliphatic carbocycles. The molecule has 7 nitrogen and oxygen atoms in total. The maximum Gasteiger partial charge on any atom is 0.230 e. The number of thioether (sulfide) groups is 1. The smallest absolute Gasteiger partial charge is 0.230 e. The third kappa shape index (κ3) is 5.66. The Balaban J connectivity index is 1.92. The Morgan fingerprint density at radius 2 is 1.92 bits per heavy atom. The number of nitrogen functional groups attached to an aromatic ring is 1. The molecule has 26 heavy (non-hydrogen) atoms. The van der Waals surface area contributed by atoms with Crippen molar-refractivity contribution in [2.75, 3.05) is 11.6 Å². The Morgan fingerprint density at radius 3 is 2.54 bits per heavy atom. The lowest BCUT2D eigenvalue weighted by Crippen LogP contribution is -2.43. The summed E-state index contributed by atoms with van der Waals surface area (Å²) in [7, 11) is 0. The second-order valence-electron chi connectivity index (χ2n) is 6.96. The summed E-state index contributed by atoms with van der Waals surface area (Å²) in [5, 5.41) is 11.6. The van der Waals surface area contributed by atoms with Gasteiger partial charge in [-0.15, -0.1) is 10.2 Å². The molecule has 2 rings (SSSR count). The summed E-state index contributed by atoms with van der Waals surface area (Å²) in [5.41, 5.74) is 2.04. The molecule has 0 spiro atoms. The van der Waals surface area contributed by atoms with Crippen molar-refractivity contribution < 1.29 is 9.53 Å². The fourth-order valence-corrected chi connectivity index (χ4v) is 2.98. The number of carbonyl (C=O) groups excluding carboxylic acids is 1. The van der Waals surface area contributed by atoms with Gasteiger partial charge in [0.25, 0.3) is 0 Å². The van der Waals surface area contributed by atoms with E-state index in [1.807, 2.05) is 46.8 Å². The maximum absolute atomic E-state index is 12.0. The number of aryl methyl sites for hydroxylation is 2. The molecular weight excluding hydrogens is 350 g/mol. The van der Waals surface area contributed by atoms with Gasteiger partial charge < -0.3 is 15.9 Å². The SMILES string of the molecule is CCC(C)(C)NC(=O)CSc1nnc(COc2cc(C)cc(C)c2)n1N. The molecule has 0 fully saturated rings. The second kappa shape index (κ2) is 8.44. The van der Waals surface area contributed by atoms with Crippen molar-refractivity contribution in [3.63, 3.8) is 0 Å². The van der Waals surface area contributed by atoms with E-state index in [4.69, 9.17) is 10.6 Å². The number of rotatable bonds is 8. The molecule has 3 N–H and O–H groups in total. The highest BCUT2D eigenvalue weighted by atomic mass is 32.2. The number of aromatic nitrogens is 3. The van der Waals surface area contributed by atoms with Gasteiger partial charge in [0.05, 0.1) is 5.75 Å². The van der Waals surface area contributed by atoms with Gasteiger partial charge >= 0.3 is 0 Å². The molecule has 0 atom stereocenters. The number of nitrogens with two attached hydrogens (primary N) is 1. The maximum atomic E-state index is 12.0. The lowest BCUT2D eigenvalue weighted by molar-refractivity contribution is -0.120. The molecular formula is C18H27N5O2S. The number of hydrogen-bond donors (Lipinski definition) is 2. The van der Waals surface area contributed by atoms with E-state index in [9.17, 15) is 4.79 Å². The fourth-order valence-electron chi connectivity index (χ4n) is 2.30. The Hall–Kier alpha value is -2.22. The molecule has 1 amide bonds. The fraction of sp³-hybridized carbons (Fsp3) is 0.500. The number of ether oxygens (including phenoxy) is 1. The lowest BCUT2D eigenvalue weighted by Gasteiger charge is -2.24. The second-order valence-corrected chi connectivity index (χ2v) is 7.90. The first kappa shape index (κ1) is 20.1. The van der Waals surface area contributed by atoms with Crippen molar-refractivity contribution in [2.24, 2.45) is 0 Å². The van der Waals surface area contributed by atoms with Crippen LogP contribution in [-0.2, 0) is 11.4 Å². The molecule has 8 heteroatoms. The number of carbonyl (C=O) groups is 1. The summed E-state index contributed by atoms with van der Waals surface area (Å²) in [6.45, 7) is 10.3. The minimum Gasteiger partial charge on any atom is -0.486 e. The van der Waals surface area contributed by atoms with Gasteiger partial charge in [-0.3, -0.25) is 4.79 Å². The van der Waals surface area contributed by atoms with Crippen molar-refractivity contribution in [3.8, 4) is 5.75 Å². The molecule has 0 saturated carbocycles. The zero-order valence-electron chi connectivity index (χ0n) is 16.0. The van der Waals surface area contributed by atoms with Crippen LogP contribution in [0.25, 0.3) is 0 Å². The van der Waals surface area contributed by atoms with Crippen LogP contribution in [0.5, 0.6) is 5.75 Å². The predicted octanol–water partition coefficient (Wildman–Crippen LogP) is 2.58. The van der Waals surface area contributed by atoms with E-state index in [0.29, 0.717) is 11.0 Å². The lowest BCUT2D eigenvalue weighted by atomic mass is 10.0. The van der Waals surface area contributed by atoms with Gasteiger partial charge in [0.1, 0.15) is 12.4 Å². The minimum atomic E-state index is -0.223. The summed E-state index contributed by atoms with van der Waals surface area (Å²) in [5.74, 6) is 7.47. The molecule has 0 radical (unpaired) electrons. The minimum absolute atomic E-state index is 0.0575. The number of amides is 1. The van der Waals surface area contributed by atoms with Gasteiger partial charge in [0, 0.05) is 5.54 Å². The van der Waals surface area contributed by atoms with Crippen LogP contribution >= 0.6 is 11.8 Å². The molecule has 0 aliphatic heterocycles. The third-order valence-corrected chi connectivity index (χ3v) is 4.94. The molecule has 0 bridgehead atoms. The zero-order valence-corrected chi connectivity index (χ0v) is 16.8. The molecule has 0 aliphatic rings. The van der Waals surface area contributed by atoms with E-state index in [2.05, 4.69) is 21.6 Å². The summed E-state index contributed by atoms with van der Waals surface area (Å²) < 4.78 is 7.13. The Bertz CT molecular complexity index is 753. The van der Waals surface area contributed by atoms with Gasteiger partial charge in [-0.1, -0.05) is 24.8 Å². The van der Waals surface area contributed by atoms with Crippen molar-refractivity contribution in [1.29, 1.82) is 0 Å². The van der Waals surface area contributed by atoms with E-state index in [-0.39, 0.29) is 23.8 Å². The van der Waals surface area contributed by atoms with Crippen LogP contribution in [0, 0.1) is 13.8 Å². The number of nitrogens with zero attached hydrogens (tertiary/aromatic N) is 3. The molecule has 1 aromatic carbocycles. The van der Waals surface area contributed by atoms with Crippen LogP contribution in [0.1, 0.15) is 44.1 Å². The quantitative estimate of drug-likeness (QED) is 0.542. The average molecular weight is 378 g/mol. The summed E-state index contributed by atoms with van der Waals surface area (Å²) in [6.07, 6.45) is 0.858.